The van der Waals surface area contributed by atoms with Crippen LogP contribution in [0.3, 0.4) is 0 Å². The fourth-order valence-corrected chi connectivity index (χ4v) is 5.44. The standard InChI is InChI=1S/C14H16Cl2N2O2S/c1-17-8-2-3-9(17)5-11(4-8)21-14-12(15)6-10(18(19)20)7-13(14)16/h6-9,11H,2-5H2,1H3/t8-,9+,11-. The number of halogens is 2. The minimum atomic E-state index is -0.470. The van der Waals surface area contributed by atoms with E-state index in [9.17, 15) is 10.1 Å². The first kappa shape index (κ1) is 15.4. The van der Waals surface area contributed by atoms with Gasteiger partial charge in [0.05, 0.1) is 15.0 Å². The summed E-state index contributed by atoms with van der Waals surface area (Å²) in [6.07, 6.45) is 4.78. The molecule has 2 fully saturated rings. The molecule has 0 aliphatic carbocycles. The predicted octanol–water partition coefficient (Wildman–Crippen LogP) is 4.62. The van der Waals surface area contributed by atoms with E-state index >= 15 is 0 Å². The van der Waals surface area contributed by atoms with Gasteiger partial charge in [-0.15, -0.1) is 11.8 Å². The average Bonchev–Trinajstić information content (AvgIpc) is 2.64. The van der Waals surface area contributed by atoms with Crippen LogP contribution >= 0.6 is 35.0 Å². The van der Waals surface area contributed by atoms with Crippen molar-refractivity contribution in [1.29, 1.82) is 0 Å². The molecular weight excluding hydrogens is 331 g/mol. The molecule has 4 nitrogen and oxygen atoms in total. The van der Waals surface area contributed by atoms with Crippen LogP contribution in [0.25, 0.3) is 0 Å². The second kappa shape index (κ2) is 5.95. The van der Waals surface area contributed by atoms with Crippen molar-refractivity contribution < 1.29 is 4.92 Å². The Morgan fingerprint density at radius 2 is 1.76 bits per heavy atom. The van der Waals surface area contributed by atoms with Gasteiger partial charge in [0.25, 0.3) is 5.69 Å². The van der Waals surface area contributed by atoms with E-state index in [-0.39, 0.29) is 5.69 Å². The van der Waals surface area contributed by atoms with Gasteiger partial charge >= 0.3 is 0 Å². The molecule has 2 saturated heterocycles. The summed E-state index contributed by atoms with van der Waals surface area (Å²) >= 11 is 14.1. The molecule has 0 unspecified atom stereocenters. The fourth-order valence-electron chi connectivity index (χ4n) is 3.39. The van der Waals surface area contributed by atoms with Gasteiger partial charge in [-0.3, -0.25) is 10.1 Å². The second-order valence-corrected chi connectivity index (χ2v) is 7.88. The third-order valence-corrected chi connectivity index (χ3v) is 6.75. The average molecular weight is 347 g/mol. The van der Waals surface area contributed by atoms with Gasteiger partial charge in [0.2, 0.25) is 0 Å². The van der Waals surface area contributed by atoms with Gasteiger partial charge in [-0.05, 0) is 32.7 Å². The molecule has 2 aliphatic heterocycles. The van der Waals surface area contributed by atoms with Crippen molar-refractivity contribution in [2.45, 2.75) is 47.9 Å². The highest BCUT2D eigenvalue weighted by atomic mass is 35.5. The molecule has 114 valence electrons. The van der Waals surface area contributed by atoms with E-state index in [0.717, 1.165) is 17.7 Å². The molecule has 7 heteroatoms. The first-order valence-corrected chi connectivity index (χ1v) is 8.61. The van der Waals surface area contributed by atoms with Crippen LogP contribution in [0.1, 0.15) is 25.7 Å². The maximum atomic E-state index is 10.8. The Bertz CT molecular complexity index is 547. The Kier molecular flexibility index (Phi) is 4.37. The molecule has 0 N–H and O–H groups in total. The zero-order chi connectivity index (χ0) is 15.1. The Morgan fingerprint density at radius 3 is 2.24 bits per heavy atom. The molecule has 0 aromatic heterocycles. The number of nitrogens with zero attached hydrogens (tertiary/aromatic N) is 2. The molecule has 1 aromatic carbocycles. The van der Waals surface area contributed by atoms with Crippen LogP contribution in [0.4, 0.5) is 5.69 Å². The minimum Gasteiger partial charge on any atom is -0.300 e. The number of nitro benzene ring substituents is 1. The quantitative estimate of drug-likeness (QED) is 0.591. The molecule has 3 rings (SSSR count). The zero-order valence-electron chi connectivity index (χ0n) is 11.6. The van der Waals surface area contributed by atoms with Crippen molar-refractivity contribution >= 4 is 40.7 Å². The van der Waals surface area contributed by atoms with Crippen molar-refractivity contribution in [3.8, 4) is 0 Å². The number of piperidine rings is 1. The number of nitro groups is 1. The van der Waals surface area contributed by atoms with Gasteiger partial charge in [0, 0.05) is 34.4 Å². The lowest BCUT2D eigenvalue weighted by Gasteiger charge is -2.36. The lowest BCUT2D eigenvalue weighted by molar-refractivity contribution is -0.384. The first-order chi connectivity index (χ1) is 9.95. The first-order valence-electron chi connectivity index (χ1n) is 6.97. The second-order valence-electron chi connectivity index (χ2n) is 5.76. The molecular formula is C14H16Cl2N2O2S. The van der Waals surface area contributed by atoms with Crippen LogP contribution in [0, 0.1) is 10.1 Å². The summed E-state index contributed by atoms with van der Waals surface area (Å²) < 4.78 is 0. The SMILES string of the molecule is CN1[C@@H]2CC[C@H]1C[C@H](Sc1c(Cl)cc([N+](=O)[O-])cc1Cl)C2. The van der Waals surface area contributed by atoms with Crippen LogP contribution in [-0.2, 0) is 0 Å². The van der Waals surface area contributed by atoms with Gasteiger partial charge in [0.1, 0.15) is 0 Å². The van der Waals surface area contributed by atoms with E-state index in [1.807, 2.05) is 0 Å². The van der Waals surface area contributed by atoms with Crippen molar-refractivity contribution in [1.82, 2.24) is 4.90 Å². The number of non-ortho nitro benzene ring substituents is 1. The number of fused-ring (bicyclic) bond motifs is 2. The summed E-state index contributed by atoms with van der Waals surface area (Å²) in [5.74, 6) is 0. The van der Waals surface area contributed by atoms with Gasteiger partial charge in [-0.25, -0.2) is 0 Å². The van der Waals surface area contributed by atoms with Gasteiger partial charge in [0.15, 0.2) is 0 Å². The van der Waals surface area contributed by atoms with E-state index in [4.69, 9.17) is 23.2 Å². The fraction of sp³-hybridized carbons (Fsp3) is 0.571. The molecule has 2 bridgehead atoms. The van der Waals surface area contributed by atoms with Crippen molar-refractivity contribution in [3.63, 3.8) is 0 Å². The molecule has 21 heavy (non-hydrogen) atoms. The Labute approximate surface area is 137 Å². The largest absolute Gasteiger partial charge is 0.300 e. The van der Waals surface area contributed by atoms with Crippen LogP contribution in [0.15, 0.2) is 17.0 Å². The van der Waals surface area contributed by atoms with E-state index in [1.165, 1.54) is 25.0 Å². The van der Waals surface area contributed by atoms with Crippen LogP contribution in [0.5, 0.6) is 0 Å². The summed E-state index contributed by atoms with van der Waals surface area (Å²) in [7, 11) is 2.20. The summed E-state index contributed by atoms with van der Waals surface area (Å²) in [5, 5.41) is 12.1. The third kappa shape index (κ3) is 3.02. The number of hydrogen-bond acceptors (Lipinski definition) is 4. The van der Waals surface area contributed by atoms with Gasteiger partial charge in [-0.2, -0.15) is 0 Å². The summed E-state index contributed by atoms with van der Waals surface area (Å²) in [6.45, 7) is 0. The maximum Gasteiger partial charge on any atom is 0.272 e. The van der Waals surface area contributed by atoms with Crippen LogP contribution < -0.4 is 0 Å². The van der Waals surface area contributed by atoms with Crippen LogP contribution in [-0.4, -0.2) is 34.2 Å². The molecule has 2 heterocycles. The smallest absolute Gasteiger partial charge is 0.272 e. The highest BCUT2D eigenvalue weighted by Gasteiger charge is 2.39. The number of thioether (sulfide) groups is 1. The van der Waals surface area contributed by atoms with Crippen molar-refractivity contribution in [2.24, 2.45) is 0 Å². The molecule has 0 radical (unpaired) electrons. The lowest BCUT2D eigenvalue weighted by Crippen LogP contribution is -2.40. The normalized spacial score (nSPS) is 28.8. The van der Waals surface area contributed by atoms with E-state index in [2.05, 4.69) is 11.9 Å². The maximum absolute atomic E-state index is 10.8. The summed E-state index contributed by atoms with van der Waals surface area (Å²) in [4.78, 5) is 13.6. The minimum absolute atomic E-state index is 0.0576. The molecule has 1 aromatic rings. The Balaban J connectivity index is 1.78. The summed E-state index contributed by atoms with van der Waals surface area (Å²) in [5.41, 5.74) is -0.0576. The number of rotatable bonds is 3. The highest BCUT2D eigenvalue weighted by molar-refractivity contribution is 8.00. The monoisotopic (exact) mass is 346 g/mol. The topological polar surface area (TPSA) is 46.4 Å². The molecule has 0 spiro atoms. The van der Waals surface area contributed by atoms with E-state index in [1.54, 1.807) is 11.8 Å². The number of hydrogen-bond donors (Lipinski definition) is 0. The van der Waals surface area contributed by atoms with E-state index < -0.39 is 4.92 Å². The number of benzene rings is 1. The molecule has 0 amide bonds. The Morgan fingerprint density at radius 1 is 1.24 bits per heavy atom. The van der Waals surface area contributed by atoms with Gasteiger partial charge in [-0.1, -0.05) is 23.2 Å². The zero-order valence-corrected chi connectivity index (χ0v) is 13.9. The van der Waals surface area contributed by atoms with E-state index in [0.29, 0.717) is 27.4 Å². The van der Waals surface area contributed by atoms with Crippen molar-refractivity contribution in [3.05, 3.63) is 32.3 Å². The molecule has 2 aliphatic rings. The molecule has 3 atom stereocenters. The predicted molar refractivity (Wildman–Crippen MR) is 86.6 cm³/mol. The van der Waals surface area contributed by atoms with Crippen LogP contribution in [0.2, 0.25) is 10.0 Å². The van der Waals surface area contributed by atoms with Crippen molar-refractivity contribution in [2.75, 3.05) is 7.05 Å². The highest BCUT2D eigenvalue weighted by Crippen LogP contribution is 2.45. The Hall–Kier alpha value is -0.490. The lowest BCUT2D eigenvalue weighted by atomic mass is 10.0. The third-order valence-electron chi connectivity index (χ3n) is 4.53. The molecule has 0 saturated carbocycles. The summed E-state index contributed by atoms with van der Waals surface area (Å²) in [6, 6.07) is 4.08. The van der Waals surface area contributed by atoms with Gasteiger partial charge < -0.3 is 4.90 Å².